The topological polar surface area (TPSA) is 9.23 Å². The Labute approximate surface area is 216 Å². The first-order valence-corrected chi connectivity index (χ1v) is 15.0. The van der Waals surface area contributed by atoms with Gasteiger partial charge in [-0.15, -0.1) is 0 Å². The van der Waals surface area contributed by atoms with Gasteiger partial charge in [0, 0.05) is 6.61 Å². The molecule has 0 radical (unpaired) electrons. The predicted molar refractivity (Wildman–Crippen MR) is 153 cm³/mol. The smallest absolute Gasteiger partial charge is 0.0831 e. The summed E-state index contributed by atoms with van der Waals surface area (Å²) in [5.74, 6) is 1.77. The molecule has 1 nitrogen and oxygen atoms in total. The van der Waals surface area contributed by atoms with Gasteiger partial charge in [0.15, 0.2) is 0 Å². The molecule has 1 unspecified atom stereocenters. The van der Waals surface area contributed by atoms with Crippen LogP contribution in [0.3, 0.4) is 0 Å². The van der Waals surface area contributed by atoms with E-state index in [-0.39, 0.29) is 6.10 Å². The summed E-state index contributed by atoms with van der Waals surface area (Å²) in [4.78, 5) is 0. The quantitative estimate of drug-likeness (QED) is 0.330. The highest BCUT2D eigenvalue weighted by Gasteiger charge is 2.33. The van der Waals surface area contributed by atoms with Crippen LogP contribution in [-0.2, 0) is 11.2 Å². The zero-order chi connectivity index (χ0) is 24.2. The Morgan fingerprint density at radius 3 is 2.23 bits per heavy atom. The Kier molecular flexibility index (Phi) is 8.00. The van der Waals surface area contributed by atoms with E-state index in [9.17, 15) is 0 Å². The van der Waals surface area contributed by atoms with Crippen molar-refractivity contribution >= 4 is 11.8 Å². The first-order valence-electron chi connectivity index (χ1n) is 13.6. The minimum atomic E-state index is 0.245. The van der Waals surface area contributed by atoms with Crippen LogP contribution in [-0.4, -0.2) is 18.6 Å². The summed E-state index contributed by atoms with van der Waals surface area (Å²) in [6.07, 6.45) is 12.6. The minimum Gasteiger partial charge on any atom is -0.374 e. The molecule has 1 aliphatic carbocycles. The molecule has 0 amide bonds. The second-order valence-corrected chi connectivity index (χ2v) is 11.4. The number of ether oxygens (including phenoxy) is 1. The average molecular weight is 485 g/mol. The molecular weight excluding hydrogens is 444 g/mol. The Morgan fingerprint density at radius 2 is 1.54 bits per heavy atom. The summed E-state index contributed by atoms with van der Waals surface area (Å²) in [5, 5.41) is 0. The zero-order valence-corrected chi connectivity index (χ0v) is 22.6. The van der Waals surface area contributed by atoms with Crippen LogP contribution in [0.5, 0.6) is 0 Å². The van der Waals surface area contributed by atoms with Gasteiger partial charge in [-0.1, -0.05) is 73.9 Å². The van der Waals surface area contributed by atoms with Crippen LogP contribution >= 0.6 is 11.8 Å². The Bertz CT molecular complexity index is 1140. The maximum atomic E-state index is 6.51. The molecule has 1 saturated heterocycles. The molecule has 5 rings (SSSR count). The van der Waals surface area contributed by atoms with Gasteiger partial charge < -0.3 is 4.74 Å². The van der Waals surface area contributed by atoms with Gasteiger partial charge in [0.2, 0.25) is 0 Å². The lowest BCUT2D eigenvalue weighted by atomic mass is 9.71. The van der Waals surface area contributed by atoms with E-state index in [1.807, 2.05) is 11.8 Å². The van der Waals surface area contributed by atoms with Crippen molar-refractivity contribution in [1.82, 2.24) is 0 Å². The van der Waals surface area contributed by atoms with Crippen LogP contribution in [0.1, 0.15) is 84.8 Å². The molecule has 184 valence electrons. The van der Waals surface area contributed by atoms with E-state index in [0.29, 0.717) is 5.92 Å². The second-order valence-electron chi connectivity index (χ2n) is 10.4. The van der Waals surface area contributed by atoms with Gasteiger partial charge in [-0.25, -0.2) is 0 Å². The molecule has 3 aromatic rings. The van der Waals surface area contributed by atoms with Crippen LogP contribution < -0.4 is 0 Å². The lowest BCUT2D eigenvalue weighted by molar-refractivity contribution is 0.110. The van der Waals surface area contributed by atoms with Crippen molar-refractivity contribution < 1.29 is 4.74 Å². The molecule has 2 fully saturated rings. The van der Waals surface area contributed by atoms with E-state index in [2.05, 4.69) is 74.7 Å². The third-order valence-corrected chi connectivity index (χ3v) is 8.87. The molecule has 2 aliphatic rings. The number of thioether (sulfide) groups is 1. The Balaban J connectivity index is 1.90. The fourth-order valence-corrected chi connectivity index (χ4v) is 6.99. The fourth-order valence-electron chi connectivity index (χ4n) is 6.59. The van der Waals surface area contributed by atoms with Crippen LogP contribution in [0, 0.1) is 13.8 Å². The summed E-state index contributed by atoms with van der Waals surface area (Å²) < 4.78 is 6.51. The molecular formula is C33H40OS. The molecule has 1 saturated carbocycles. The van der Waals surface area contributed by atoms with E-state index >= 15 is 0 Å². The highest BCUT2D eigenvalue weighted by Crippen LogP contribution is 2.51. The Hall–Kier alpha value is -2.03. The molecule has 35 heavy (non-hydrogen) atoms. The first kappa shape index (κ1) is 24.7. The van der Waals surface area contributed by atoms with E-state index in [4.69, 9.17) is 4.74 Å². The number of hydrogen-bond donors (Lipinski definition) is 0. The highest BCUT2D eigenvalue weighted by molar-refractivity contribution is 7.98. The van der Waals surface area contributed by atoms with Gasteiger partial charge in [0.05, 0.1) is 6.10 Å². The fraction of sp³-hybridized carbons (Fsp3) is 0.455. The van der Waals surface area contributed by atoms with Crippen molar-refractivity contribution in [3.63, 3.8) is 0 Å². The number of rotatable bonds is 7. The second kappa shape index (κ2) is 11.4. The monoisotopic (exact) mass is 484 g/mol. The summed E-state index contributed by atoms with van der Waals surface area (Å²) in [5.41, 5.74) is 13.3. The van der Waals surface area contributed by atoms with Gasteiger partial charge in [-0.2, -0.15) is 11.8 Å². The summed E-state index contributed by atoms with van der Waals surface area (Å²) in [6.45, 7) is 5.58. The third-order valence-electron chi connectivity index (χ3n) is 8.26. The molecule has 1 atom stereocenters. The summed E-state index contributed by atoms with van der Waals surface area (Å²) in [7, 11) is 0. The molecule has 2 heteroatoms. The van der Waals surface area contributed by atoms with Crippen molar-refractivity contribution in [2.75, 3.05) is 18.6 Å². The molecule has 0 bridgehead atoms. The lowest BCUT2D eigenvalue weighted by Gasteiger charge is -2.34. The third kappa shape index (κ3) is 4.98. The minimum absolute atomic E-state index is 0.245. The Morgan fingerprint density at radius 1 is 0.800 bits per heavy atom. The van der Waals surface area contributed by atoms with Crippen molar-refractivity contribution in [3.05, 3.63) is 82.4 Å². The van der Waals surface area contributed by atoms with Crippen molar-refractivity contribution in [2.24, 2.45) is 0 Å². The maximum absolute atomic E-state index is 6.51. The van der Waals surface area contributed by atoms with Crippen molar-refractivity contribution in [2.45, 2.75) is 77.2 Å². The zero-order valence-electron chi connectivity index (χ0n) is 21.7. The van der Waals surface area contributed by atoms with E-state index in [0.717, 1.165) is 25.2 Å². The maximum Gasteiger partial charge on any atom is 0.0831 e. The number of benzene rings is 3. The molecule has 0 spiro atoms. The predicted octanol–water partition coefficient (Wildman–Crippen LogP) is 9.44. The standard InChI is InChI=1S/C33H40OS/c1-23-13-10-11-18-27(23)33-30(25-14-6-4-7-15-25)24(2)28(20-22-35-3)32(29-19-12-21-34-29)31(33)26-16-8-5-9-17-26/h4,6-7,10-11,13-15,18,26,29H,5,8-9,12,16-17,19-22H2,1-3H3. The van der Waals surface area contributed by atoms with Gasteiger partial charge in [0.1, 0.15) is 0 Å². The summed E-state index contributed by atoms with van der Waals surface area (Å²) in [6, 6.07) is 20.2. The van der Waals surface area contributed by atoms with Gasteiger partial charge in [-0.05, 0) is 114 Å². The van der Waals surface area contributed by atoms with E-state index < -0.39 is 0 Å². The van der Waals surface area contributed by atoms with E-state index in [1.165, 1.54) is 71.9 Å². The van der Waals surface area contributed by atoms with Crippen LogP contribution in [0.15, 0.2) is 54.6 Å². The SMILES string of the molecule is CSCCc1c(C)c(-c2ccccc2)c(-c2ccccc2C)c(C2CCCCC2)c1C1CCCO1. The van der Waals surface area contributed by atoms with Crippen molar-refractivity contribution in [1.29, 1.82) is 0 Å². The number of hydrogen-bond acceptors (Lipinski definition) is 2. The van der Waals surface area contributed by atoms with Crippen LogP contribution in [0.25, 0.3) is 22.3 Å². The molecule has 1 heterocycles. The first-order chi connectivity index (χ1) is 17.2. The van der Waals surface area contributed by atoms with Gasteiger partial charge in [-0.3, -0.25) is 0 Å². The van der Waals surface area contributed by atoms with Gasteiger partial charge in [0.25, 0.3) is 0 Å². The molecule has 3 aromatic carbocycles. The molecule has 1 aliphatic heterocycles. The largest absolute Gasteiger partial charge is 0.374 e. The molecule has 0 N–H and O–H groups in total. The lowest BCUT2D eigenvalue weighted by Crippen LogP contribution is -2.17. The van der Waals surface area contributed by atoms with E-state index in [1.54, 1.807) is 16.7 Å². The number of aryl methyl sites for hydroxylation is 1. The van der Waals surface area contributed by atoms with Gasteiger partial charge >= 0.3 is 0 Å². The van der Waals surface area contributed by atoms with Crippen LogP contribution in [0.4, 0.5) is 0 Å². The highest BCUT2D eigenvalue weighted by atomic mass is 32.2. The van der Waals surface area contributed by atoms with Crippen molar-refractivity contribution in [3.8, 4) is 22.3 Å². The summed E-state index contributed by atoms with van der Waals surface area (Å²) >= 11 is 1.96. The average Bonchev–Trinajstić information content (AvgIpc) is 3.43. The molecule has 0 aromatic heterocycles. The normalized spacial score (nSPS) is 18.8. The van der Waals surface area contributed by atoms with Crippen LogP contribution in [0.2, 0.25) is 0 Å².